The Morgan fingerprint density at radius 2 is 1.85 bits per heavy atom. The van der Waals surface area contributed by atoms with Gasteiger partial charge in [0, 0.05) is 31.5 Å². The van der Waals surface area contributed by atoms with E-state index in [-0.39, 0.29) is 11.0 Å². The fourth-order valence-electron chi connectivity index (χ4n) is 3.28. The first-order valence-electron chi connectivity index (χ1n) is 8.88. The SMILES string of the molecule is COc1cccc(OC)c1CN1CCc2nc(C(C)(C)C)[nH]c(=O)c2C1. The summed E-state index contributed by atoms with van der Waals surface area (Å²) in [6, 6.07) is 5.77. The van der Waals surface area contributed by atoms with Crippen molar-refractivity contribution in [1.29, 1.82) is 0 Å². The molecule has 0 bridgehead atoms. The zero-order valence-corrected chi connectivity index (χ0v) is 16.2. The molecule has 0 saturated heterocycles. The lowest BCUT2D eigenvalue weighted by atomic mass is 9.95. The zero-order chi connectivity index (χ0) is 18.9. The first-order valence-corrected chi connectivity index (χ1v) is 8.88. The Kier molecular flexibility index (Phi) is 5.05. The third kappa shape index (κ3) is 3.60. The lowest BCUT2D eigenvalue weighted by Gasteiger charge is -2.29. The molecule has 1 aromatic carbocycles. The van der Waals surface area contributed by atoms with Crippen molar-refractivity contribution in [1.82, 2.24) is 14.9 Å². The molecule has 1 aliphatic heterocycles. The van der Waals surface area contributed by atoms with Crippen LogP contribution in [0.4, 0.5) is 0 Å². The molecular weight excluding hydrogens is 330 g/mol. The normalized spacial score (nSPS) is 14.8. The summed E-state index contributed by atoms with van der Waals surface area (Å²) in [5.41, 5.74) is 2.48. The van der Waals surface area contributed by atoms with Gasteiger partial charge < -0.3 is 14.5 Å². The predicted octanol–water partition coefficient (Wildman–Crippen LogP) is 2.64. The summed E-state index contributed by atoms with van der Waals surface area (Å²) in [6.07, 6.45) is 0.764. The highest BCUT2D eigenvalue weighted by atomic mass is 16.5. The van der Waals surface area contributed by atoms with E-state index in [2.05, 4.69) is 30.7 Å². The molecule has 6 nitrogen and oxygen atoms in total. The number of nitrogens with zero attached hydrogens (tertiary/aromatic N) is 2. The van der Waals surface area contributed by atoms with Crippen LogP contribution in [0, 0.1) is 0 Å². The van der Waals surface area contributed by atoms with Crippen LogP contribution in [0.3, 0.4) is 0 Å². The number of fused-ring (bicyclic) bond motifs is 1. The molecule has 0 radical (unpaired) electrons. The smallest absolute Gasteiger partial charge is 0.255 e. The van der Waals surface area contributed by atoms with Crippen LogP contribution in [-0.2, 0) is 24.9 Å². The van der Waals surface area contributed by atoms with E-state index in [0.717, 1.165) is 47.1 Å². The van der Waals surface area contributed by atoms with Crippen LogP contribution in [0.2, 0.25) is 0 Å². The Morgan fingerprint density at radius 1 is 1.19 bits per heavy atom. The average Bonchev–Trinajstić information content (AvgIpc) is 2.61. The molecule has 6 heteroatoms. The number of aromatic nitrogens is 2. The van der Waals surface area contributed by atoms with Crippen LogP contribution in [-0.4, -0.2) is 35.6 Å². The van der Waals surface area contributed by atoms with E-state index in [1.54, 1.807) is 14.2 Å². The quantitative estimate of drug-likeness (QED) is 0.911. The molecule has 1 aliphatic rings. The monoisotopic (exact) mass is 357 g/mol. The molecule has 0 fully saturated rings. The van der Waals surface area contributed by atoms with Gasteiger partial charge in [-0.3, -0.25) is 9.69 Å². The number of benzene rings is 1. The molecule has 0 spiro atoms. The molecule has 140 valence electrons. The van der Waals surface area contributed by atoms with E-state index in [0.29, 0.717) is 13.1 Å². The van der Waals surface area contributed by atoms with Crippen molar-refractivity contribution in [3.63, 3.8) is 0 Å². The molecule has 0 saturated carbocycles. The first kappa shape index (κ1) is 18.5. The van der Waals surface area contributed by atoms with Crippen LogP contribution in [0.5, 0.6) is 11.5 Å². The fraction of sp³-hybridized carbons (Fsp3) is 0.500. The van der Waals surface area contributed by atoms with Crippen molar-refractivity contribution in [2.75, 3.05) is 20.8 Å². The van der Waals surface area contributed by atoms with Crippen LogP contribution < -0.4 is 15.0 Å². The van der Waals surface area contributed by atoms with E-state index in [9.17, 15) is 4.79 Å². The zero-order valence-electron chi connectivity index (χ0n) is 16.2. The molecule has 26 heavy (non-hydrogen) atoms. The summed E-state index contributed by atoms with van der Waals surface area (Å²) in [5.74, 6) is 2.34. The second-order valence-electron chi connectivity index (χ2n) is 7.69. The number of nitrogens with one attached hydrogen (secondary N) is 1. The van der Waals surface area contributed by atoms with Crippen molar-refractivity contribution in [2.45, 2.75) is 45.7 Å². The summed E-state index contributed by atoms with van der Waals surface area (Å²) in [6.45, 7) is 8.24. The molecule has 3 rings (SSSR count). The topological polar surface area (TPSA) is 67.5 Å². The number of aromatic amines is 1. The van der Waals surface area contributed by atoms with Crippen molar-refractivity contribution in [3.8, 4) is 11.5 Å². The van der Waals surface area contributed by atoms with Gasteiger partial charge in [0.25, 0.3) is 5.56 Å². The van der Waals surface area contributed by atoms with Crippen molar-refractivity contribution in [2.24, 2.45) is 0 Å². The Labute approximate surface area is 154 Å². The number of ether oxygens (including phenoxy) is 2. The Bertz CT molecular complexity index is 830. The molecule has 0 amide bonds. The summed E-state index contributed by atoms with van der Waals surface area (Å²) in [7, 11) is 3.32. The van der Waals surface area contributed by atoms with Crippen LogP contribution in [0.25, 0.3) is 0 Å². The van der Waals surface area contributed by atoms with Gasteiger partial charge >= 0.3 is 0 Å². The molecule has 0 aliphatic carbocycles. The minimum absolute atomic E-state index is 0.0309. The van der Waals surface area contributed by atoms with Crippen molar-refractivity contribution >= 4 is 0 Å². The summed E-state index contributed by atoms with van der Waals surface area (Å²) in [5, 5.41) is 0. The van der Waals surface area contributed by atoms with Gasteiger partial charge in [0.05, 0.1) is 31.0 Å². The largest absolute Gasteiger partial charge is 0.496 e. The standard InChI is InChI=1S/C20H27N3O3/c1-20(2,3)19-21-15-9-10-23(11-13(15)18(24)22-19)12-14-16(25-4)7-6-8-17(14)26-5/h6-8H,9-12H2,1-5H3,(H,21,22,24). The molecule has 2 heterocycles. The minimum Gasteiger partial charge on any atom is -0.496 e. The minimum atomic E-state index is -0.171. The van der Waals surface area contributed by atoms with Crippen LogP contribution in [0.1, 0.15) is 43.4 Å². The van der Waals surface area contributed by atoms with E-state index >= 15 is 0 Å². The van der Waals surface area contributed by atoms with Gasteiger partial charge in [-0.1, -0.05) is 26.8 Å². The van der Waals surface area contributed by atoms with Gasteiger partial charge in [-0.15, -0.1) is 0 Å². The van der Waals surface area contributed by atoms with E-state index in [1.807, 2.05) is 18.2 Å². The Balaban J connectivity index is 1.87. The molecule has 1 N–H and O–H groups in total. The van der Waals surface area contributed by atoms with E-state index in [1.165, 1.54) is 0 Å². The van der Waals surface area contributed by atoms with Gasteiger partial charge in [0.15, 0.2) is 0 Å². The summed E-state index contributed by atoms with van der Waals surface area (Å²) in [4.78, 5) is 22.5. The van der Waals surface area contributed by atoms with Crippen LogP contribution in [0.15, 0.2) is 23.0 Å². The lowest BCUT2D eigenvalue weighted by molar-refractivity contribution is 0.233. The highest BCUT2D eigenvalue weighted by Gasteiger charge is 2.25. The number of rotatable bonds is 4. The molecule has 2 aromatic rings. The first-order chi connectivity index (χ1) is 12.3. The Hall–Kier alpha value is -2.34. The van der Waals surface area contributed by atoms with Crippen LogP contribution >= 0.6 is 0 Å². The van der Waals surface area contributed by atoms with Gasteiger partial charge in [-0.25, -0.2) is 4.98 Å². The fourth-order valence-corrected chi connectivity index (χ4v) is 3.28. The van der Waals surface area contributed by atoms with Gasteiger partial charge in [-0.2, -0.15) is 0 Å². The van der Waals surface area contributed by atoms with E-state index < -0.39 is 0 Å². The van der Waals surface area contributed by atoms with Crippen molar-refractivity contribution in [3.05, 3.63) is 51.2 Å². The molecule has 1 aromatic heterocycles. The maximum absolute atomic E-state index is 12.6. The maximum Gasteiger partial charge on any atom is 0.255 e. The number of H-pyrrole nitrogens is 1. The Morgan fingerprint density at radius 3 is 2.42 bits per heavy atom. The van der Waals surface area contributed by atoms with Gasteiger partial charge in [0.2, 0.25) is 0 Å². The average molecular weight is 357 g/mol. The maximum atomic E-state index is 12.6. The summed E-state index contributed by atoms with van der Waals surface area (Å²) >= 11 is 0. The third-order valence-corrected chi connectivity index (χ3v) is 4.77. The second kappa shape index (κ2) is 7.11. The predicted molar refractivity (Wildman–Crippen MR) is 101 cm³/mol. The number of hydrogen-bond acceptors (Lipinski definition) is 5. The van der Waals surface area contributed by atoms with E-state index in [4.69, 9.17) is 14.5 Å². The van der Waals surface area contributed by atoms with Crippen molar-refractivity contribution < 1.29 is 9.47 Å². The number of methoxy groups -OCH3 is 2. The lowest BCUT2D eigenvalue weighted by Crippen LogP contribution is -2.37. The number of hydrogen-bond donors (Lipinski definition) is 1. The van der Waals surface area contributed by atoms with Gasteiger partial charge in [0.1, 0.15) is 17.3 Å². The van der Waals surface area contributed by atoms with Gasteiger partial charge in [-0.05, 0) is 12.1 Å². The highest BCUT2D eigenvalue weighted by molar-refractivity contribution is 5.44. The molecule has 0 atom stereocenters. The third-order valence-electron chi connectivity index (χ3n) is 4.77. The molecular formula is C20H27N3O3. The summed E-state index contributed by atoms with van der Waals surface area (Å²) < 4.78 is 11.0. The second-order valence-corrected chi connectivity index (χ2v) is 7.69. The molecule has 0 unspecified atom stereocenters. The highest BCUT2D eigenvalue weighted by Crippen LogP contribution is 2.31.